The molecule has 5 heteroatoms. The van der Waals surface area contributed by atoms with E-state index in [0.29, 0.717) is 23.3 Å². The van der Waals surface area contributed by atoms with Crippen molar-refractivity contribution in [2.45, 2.75) is 12.8 Å². The fraction of sp³-hybridized carbons (Fsp3) is 0.115. The molecule has 0 bridgehead atoms. The maximum Gasteiger partial charge on any atom is 0.348 e. The molecule has 0 radical (unpaired) electrons. The monoisotopic (exact) mass is 411 g/mol. The van der Waals surface area contributed by atoms with E-state index in [1.165, 1.54) is 18.7 Å². The Kier molecular flexibility index (Phi) is 7.34. The Morgan fingerprint density at radius 1 is 0.935 bits per heavy atom. The molecular weight excluding hydrogens is 390 g/mol. The molecule has 0 spiro atoms. The third kappa shape index (κ3) is 5.91. The number of aryl methyl sites for hydroxylation is 2. The molecule has 5 nitrogen and oxygen atoms in total. The lowest BCUT2D eigenvalue weighted by atomic mass is 10.00. The van der Waals surface area contributed by atoms with Gasteiger partial charge >= 0.3 is 11.9 Å². The molecule has 154 valence electrons. The van der Waals surface area contributed by atoms with Crippen LogP contribution in [0.4, 0.5) is 0 Å². The van der Waals surface area contributed by atoms with E-state index in [-0.39, 0.29) is 5.57 Å². The summed E-state index contributed by atoms with van der Waals surface area (Å²) < 4.78 is 10.1. The van der Waals surface area contributed by atoms with Gasteiger partial charge in [-0.15, -0.1) is 0 Å². The number of benzene rings is 3. The van der Waals surface area contributed by atoms with Crippen molar-refractivity contribution in [3.05, 3.63) is 107 Å². The fourth-order valence-corrected chi connectivity index (χ4v) is 3.10. The van der Waals surface area contributed by atoms with Crippen LogP contribution in [0.1, 0.15) is 27.0 Å². The molecule has 0 aliphatic carbocycles. The van der Waals surface area contributed by atoms with E-state index in [4.69, 9.17) is 10.00 Å². The third-order valence-corrected chi connectivity index (χ3v) is 4.67. The summed E-state index contributed by atoms with van der Waals surface area (Å²) >= 11 is 0. The number of esters is 2. The first-order chi connectivity index (χ1) is 15.1. The Balaban J connectivity index is 1.76. The number of hydrogen-bond donors (Lipinski definition) is 0. The van der Waals surface area contributed by atoms with Crippen molar-refractivity contribution in [3.63, 3.8) is 0 Å². The lowest BCUT2D eigenvalue weighted by Crippen LogP contribution is -2.12. The molecule has 0 atom stereocenters. The molecule has 0 aliphatic rings. The molecule has 0 fully saturated rings. The van der Waals surface area contributed by atoms with Crippen molar-refractivity contribution in [1.29, 1.82) is 5.26 Å². The molecule has 3 aromatic rings. The zero-order chi connectivity index (χ0) is 22.1. The summed E-state index contributed by atoms with van der Waals surface area (Å²) in [4.78, 5) is 24.4. The van der Waals surface area contributed by atoms with Crippen molar-refractivity contribution < 1.29 is 19.1 Å². The highest BCUT2D eigenvalue weighted by molar-refractivity contribution is 5.98. The highest BCUT2D eigenvalue weighted by Crippen LogP contribution is 2.20. The maximum absolute atomic E-state index is 12.8. The van der Waals surface area contributed by atoms with Crippen molar-refractivity contribution >= 4 is 18.0 Å². The van der Waals surface area contributed by atoms with Crippen LogP contribution in [0, 0.1) is 11.3 Å². The van der Waals surface area contributed by atoms with Crippen LogP contribution < -0.4 is 4.74 Å². The number of rotatable bonds is 7. The van der Waals surface area contributed by atoms with Gasteiger partial charge in [-0.2, -0.15) is 5.26 Å². The summed E-state index contributed by atoms with van der Waals surface area (Å²) in [5.74, 6) is -0.866. The summed E-state index contributed by atoms with van der Waals surface area (Å²) in [6.07, 6.45) is 2.91. The van der Waals surface area contributed by atoms with Crippen LogP contribution in [0.2, 0.25) is 0 Å². The highest BCUT2D eigenvalue weighted by atomic mass is 16.5. The number of nitriles is 1. The Hall–Kier alpha value is -4.17. The van der Waals surface area contributed by atoms with E-state index in [1.54, 1.807) is 42.5 Å². The third-order valence-electron chi connectivity index (χ3n) is 4.67. The lowest BCUT2D eigenvalue weighted by Gasteiger charge is -2.10. The first kappa shape index (κ1) is 21.5. The smallest absolute Gasteiger partial charge is 0.348 e. The molecule has 31 heavy (non-hydrogen) atoms. The number of carbonyl (C=O) groups is 2. The highest BCUT2D eigenvalue weighted by Gasteiger charge is 2.14. The normalized spacial score (nSPS) is 10.8. The van der Waals surface area contributed by atoms with Crippen LogP contribution in [-0.4, -0.2) is 19.0 Å². The SMILES string of the molecule is COC(=O)/C(C#N)=C/c1cccc(OC(=O)c2ccccc2CCc2ccccc2)c1. The van der Waals surface area contributed by atoms with Crippen molar-refractivity contribution in [2.24, 2.45) is 0 Å². The van der Waals surface area contributed by atoms with E-state index in [1.807, 2.05) is 30.3 Å². The molecule has 3 aromatic carbocycles. The van der Waals surface area contributed by atoms with Crippen molar-refractivity contribution in [1.82, 2.24) is 0 Å². The van der Waals surface area contributed by atoms with Gasteiger partial charge in [-0.3, -0.25) is 0 Å². The van der Waals surface area contributed by atoms with Crippen LogP contribution in [0.3, 0.4) is 0 Å². The minimum atomic E-state index is -0.725. The molecule has 0 aliphatic heterocycles. The number of hydrogen-bond acceptors (Lipinski definition) is 5. The topological polar surface area (TPSA) is 76.4 Å². The molecule has 3 rings (SSSR count). The van der Waals surface area contributed by atoms with Crippen molar-refractivity contribution in [2.75, 3.05) is 7.11 Å². The first-order valence-corrected chi connectivity index (χ1v) is 9.75. The molecule has 0 amide bonds. The Morgan fingerprint density at radius 2 is 1.68 bits per heavy atom. The van der Waals surface area contributed by atoms with E-state index in [2.05, 4.69) is 16.9 Å². The van der Waals surface area contributed by atoms with Gasteiger partial charge in [-0.25, -0.2) is 9.59 Å². The van der Waals surface area contributed by atoms with Crippen LogP contribution >= 0.6 is 0 Å². The summed E-state index contributed by atoms with van der Waals surface area (Å²) in [5.41, 5.74) is 3.02. The largest absolute Gasteiger partial charge is 0.465 e. The van der Waals surface area contributed by atoms with Gasteiger partial charge in [-0.1, -0.05) is 60.7 Å². The summed E-state index contributed by atoms with van der Waals surface area (Å²) in [7, 11) is 1.21. The minimum Gasteiger partial charge on any atom is -0.465 e. The Morgan fingerprint density at radius 3 is 2.42 bits per heavy atom. The Bertz CT molecular complexity index is 1140. The first-order valence-electron chi connectivity index (χ1n) is 9.75. The van der Waals surface area contributed by atoms with Crippen molar-refractivity contribution in [3.8, 4) is 11.8 Å². The van der Waals surface area contributed by atoms with E-state index in [9.17, 15) is 9.59 Å². The summed E-state index contributed by atoms with van der Waals surface area (Å²) in [6.45, 7) is 0. The lowest BCUT2D eigenvalue weighted by molar-refractivity contribution is -0.135. The predicted molar refractivity (Wildman–Crippen MR) is 117 cm³/mol. The molecule has 0 aromatic heterocycles. The molecular formula is C26H21NO4. The van der Waals surface area contributed by atoms with Gasteiger partial charge in [0.25, 0.3) is 0 Å². The quantitative estimate of drug-likeness (QED) is 0.242. The molecule has 0 saturated carbocycles. The zero-order valence-electron chi connectivity index (χ0n) is 17.1. The molecule has 0 unspecified atom stereocenters. The van der Waals surface area contributed by atoms with Gasteiger partial charge in [0.1, 0.15) is 17.4 Å². The second kappa shape index (κ2) is 10.6. The van der Waals surface area contributed by atoms with Gasteiger partial charge in [0.2, 0.25) is 0 Å². The Labute approximate surface area is 181 Å². The van der Waals surface area contributed by atoms with Gasteiger partial charge in [-0.05, 0) is 53.8 Å². The van der Waals surface area contributed by atoms with Gasteiger partial charge < -0.3 is 9.47 Å². The van der Waals surface area contributed by atoms with E-state index >= 15 is 0 Å². The summed E-state index contributed by atoms with van der Waals surface area (Å²) in [5, 5.41) is 9.11. The second-order valence-electron chi connectivity index (χ2n) is 6.77. The minimum absolute atomic E-state index is 0.141. The zero-order valence-corrected chi connectivity index (χ0v) is 17.1. The average Bonchev–Trinajstić information content (AvgIpc) is 2.81. The van der Waals surface area contributed by atoms with Crippen LogP contribution in [0.15, 0.2) is 84.4 Å². The number of carbonyl (C=O) groups excluding carboxylic acids is 2. The molecule has 0 N–H and O–H groups in total. The van der Waals surface area contributed by atoms with Gasteiger partial charge in [0.15, 0.2) is 0 Å². The van der Waals surface area contributed by atoms with Gasteiger partial charge in [0.05, 0.1) is 12.7 Å². The average molecular weight is 411 g/mol. The van der Waals surface area contributed by atoms with Crippen LogP contribution in [0.25, 0.3) is 6.08 Å². The molecule has 0 saturated heterocycles. The van der Waals surface area contributed by atoms with E-state index in [0.717, 1.165) is 12.0 Å². The van der Waals surface area contributed by atoms with Crippen LogP contribution in [0.5, 0.6) is 5.75 Å². The summed E-state index contributed by atoms with van der Waals surface area (Å²) in [6, 6.07) is 25.9. The maximum atomic E-state index is 12.8. The van der Waals surface area contributed by atoms with Gasteiger partial charge in [0, 0.05) is 0 Å². The fourth-order valence-electron chi connectivity index (χ4n) is 3.10. The van der Waals surface area contributed by atoms with E-state index < -0.39 is 11.9 Å². The van der Waals surface area contributed by atoms with Crippen LogP contribution in [-0.2, 0) is 22.4 Å². The number of ether oxygens (including phenoxy) is 2. The standard InChI is InChI=1S/C26H21NO4/c1-30-25(28)22(18-27)16-20-10-7-12-23(17-20)31-26(29)24-13-6-5-11-21(24)15-14-19-8-3-2-4-9-19/h2-13,16-17H,14-15H2,1H3/b22-16+. The number of methoxy groups -OCH3 is 1. The predicted octanol–water partition coefficient (Wildman–Crippen LogP) is 4.77. The number of nitrogens with zero attached hydrogens (tertiary/aromatic N) is 1. The molecule has 0 heterocycles. The second-order valence-corrected chi connectivity index (χ2v) is 6.77.